The molecule has 0 heterocycles. The Bertz CT molecular complexity index is 592. The van der Waals surface area contributed by atoms with Gasteiger partial charge in [-0.3, -0.25) is 4.79 Å². The van der Waals surface area contributed by atoms with Crippen molar-refractivity contribution in [2.45, 2.75) is 13.8 Å². The van der Waals surface area contributed by atoms with Crippen LogP contribution >= 0.6 is 0 Å². The highest BCUT2D eigenvalue weighted by molar-refractivity contribution is 5.94. The molecule has 2 aromatic carbocycles. The van der Waals surface area contributed by atoms with E-state index < -0.39 is 0 Å². The van der Waals surface area contributed by atoms with E-state index in [9.17, 15) is 4.79 Å². The van der Waals surface area contributed by atoms with Crippen molar-refractivity contribution in [2.75, 3.05) is 0 Å². The van der Waals surface area contributed by atoms with E-state index in [1.165, 1.54) is 5.56 Å². The number of hydrogen-bond acceptors (Lipinski definition) is 2. The Morgan fingerprint density at radius 2 is 1.47 bits per heavy atom. The minimum atomic E-state index is 0.0524. The number of Topliss-reactive ketones (excluding diaryl/α,β-unsaturated/α-hetero) is 1. The minimum Gasteiger partial charge on any atom is -0.457 e. The van der Waals surface area contributed by atoms with Crippen LogP contribution in [0.15, 0.2) is 55.1 Å². The van der Waals surface area contributed by atoms with Crippen LogP contribution in [0, 0.1) is 6.92 Å². The molecule has 0 aliphatic rings. The number of ketones is 1. The van der Waals surface area contributed by atoms with Crippen molar-refractivity contribution in [1.29, 1.82) is 0 Å². The Labute approximate surface area is 113 Å². The first kappa shape index (κ1) is 13.1. The van der Waals surface area contributed by atoms with Crippen molar-refractivity contribution >= 4 is 11.5 Å². The third-order valence-electron chi connectivity index (χ3n) is 2.88. The number of carbonyl (C=O) groups excluding carboxylic acids is 1. The van der Waals surface area contributed by atoms with Crippen molar-refractivity contribution in [3.05, 3.63) is 71.8 Å². The molecule has 0 saturated carbocycles. The summed E-state index contributed by atoms with van der Waals surface area (Å²) in [6, 6.07) is 15.0. The van der Waals surface area contributed by atoms with Crippen molar-refractivity contribution in [2.24, 2.45) is 0 Å². The molecule has 0 radical (unpaired) electrons. The summed E-state index contributed by atoms with van der Waals surface area (Å²) in [6.07, 6.45) is 0. The second kappa shape index (κ2) is 5.53. The standard InChI is InChI=1S/C17H16O2/c1-12-4-10-17(11-5-12)19-14(3)16-8-6-15(7-9-16)13(2)18/h4-11H,3H2,1-2H3. The van der Waals surface area contributed by atoms with Gasteiger partial charge in [0, 0.05) is 11.1 Å². The van der Waals surface area contributed by atoms with Crippen LogP contribution < -0.4 is 4.74 Å². The SMILES string of the molecule is C=C(Oc1ccc(C)cc1)c1ccc(C(C)=O)cc1. The number of aryl methyl sites for hydroxylation is 1. The zero-order chi connectivity index (χ0) is 13.8. The van der Waals surface area contributed by atoms with Crippen LogP contribution in [-0.4, -0.2) is 5.78 Å². The van der Waals surface area contributed by atoms with Gasteiger partial charge in [0.25, 0.3) is 0 Å². The summed E-state index contributed by atoms with van der Waals surface area (Å²) in [5, 5.41) is 0. The Hall–Kier alpha value is -2.35. The fraction of sp³-hybridized carbons (Fsp3) is 0.118. The van der Waals surface area contributed by atoms with E-state index in [0.29, 0.717) is 11.3 Å². The van der Waals surface area contributed by atoms with E-state index in [4.69, 9.17) is 4.74 Å². The second-order valence-corrected chi connectivity index (χ2v) is 4.47. The highest BCUT2D eigenvalue weighted by atomic mass is 16.5. The predicted octanol–water partition coefficient (Wildman–Crippen LogP) is 4.25. The second-order valence-electron chi connectivity index (χ2n) is 4.47. The fourth-order valence-corrected chi connectivity index (χ4v) is 1.70. The molecule has 0 atom stereocenters. The topological polar surface area (TPSA) is 26.3 Å². The molecule has 96 valence electrons. The molecule has 0 spiro atoms. The lowest BCUT2D eigenvalue weighted by Gasteiger charge is -2.09. The average molecular weight is 252 g/mol. The van der Waals surface area contributed by atoms with Gasteiger partial charge in [0.2, 0.25) is 0 Å². The molecule has 19 heavy (non-hydrogen) atoms. The molecule has 0 saturated heterocycles. The monoisotopic (exact) mass is 252 g/mol. The van der Waals surface area contributed by atoms with E-state index in [-0.39, 0.29) is 5.78 Å². The first-order valence-corrected chi connectivity index (χ1v) is 6.11. The van der Waals surface area contributed by atoms with Gasteiger partial charge in [0.1, 0.15) is 11.5 Å². The average Bonchev–Trinajstić information content (AvgIpc) is 2.41. The Morgan fingerprint density at radius 3 is 2.00 bits per heavy atom. The maximum atomic E-state index is 11.2. The number of hydrogen-bond donors (Lipinski definition) is 0. The van der Waals surface area contributed by atoms with Crippen molar-refractivity contribution in [1.82, 2.24) is 0 Å². The minimum absolute atomic E-state index is 0.0524. The summed E-state index contributed by atoms with van der Waals surface area (Å²) in [5.41, 5.74) is 2.74. The van der Waals surface area contributed by atoms with E-state index in [0.717, 1.165) is 11.3 Å². The first-order valence-electron chi connectivity index (χ1n) is 6.11. The molecule has 0 amide bonds. The zero-order valence-electron chi connectivity index (χ0n) is 11.1. The highest BCUT2D eigenvalue weighted by Gasteiger charge is 2.04. The zero-order valence-corrected chi connectivity index (χ0v) is 11.1. The molecule has 0 fully saturated rings. The van der Waals surface area contributed by atoms with Crippen LogP contribution in [0.5, 0.6) is 5.75 Å². The van der Waals surface area contributed by atoms with Crippen molar-refractivity contribution < 1.29 is 9.53 Å². The third kappa shape index (κ3) is 3.32. The van der Waals surface area contributed by atoms with Gasteiger partial charge >= 0.3 is 0 Å². The molecule has 2 aromatic rings. The summed E-state index contributed by atoms with van der Waals surface area (Å²) in [7, 11) is 0. The van der Waals surface area contributed by atoms with E-state index in [1.807, 2.05) is 43.3 Å². The van der Waals surface area contributed by atoms with Crippen LogP contribution in [0.25, 0.3) is 5.76 Å². The van der Waals surface area contributed by atoms with Gasteiger partial charge in [-0.05, 0) is 26.0 Å². The van der Waals surface area contributed by atoms with Gasteiger partial charge in [-0.2, -0.15) is 0 Å². The molecule has 0 aliphatic heterocycles. The van der Waals surface area contributed by atoms with Gasteiger partial charge in [-0.1, -0.05) is 48.5 Å². The van der Waals surface area contributed by atoms with E-state index in [2.05, 4.69) is 6.58 Å². The quantitative estimate of drug-likeness (QED) is 0.600. The Balaban J connectivity index is 2.11. The van der Waals surface area contributed by atoms with E-state index in [1.54, 1.807) is 19.1 Å². The van der Waals surface area contributed by atoms with Crippen LogP contribution in [0.2, 0.25) is 0 Å². The molecule has 2 heteroatoms. The van der Waals surface area contributed by atoms with Crippen LogP contribution in [0.4, 0.5) is 0 Å². The van der Waals surface area contributed by atoms with Gasteiger partial charge in [0.15, 0.2) is 5.78 Å². The number of rotatable bonds is 4. The first-order chi connectivity index (χ1) is 9.06. The fourth-order valence-electron chi connectivity index (χ4n) is 1.70. The largest absolute Gasteiger partial charge is 0.457 e. The van der Waals surface area contributed by atoms with Gasteiger partial charge in [-0.15, -0.1) is 0 Å². The number of carbonyl (C=O) groups is 1. The summed E-state index contributed by atoms with van der Waals surface area (Å²) in [4.78, 5) is 11.2. The van der Waals surface area contributed by atoms with Crippen LogP contribution in [0.1, 0.15) is 28.4 Å². The molecule has 0 bridgehead atoms. The predicted molar refractivity (Wildman–Crippen MR) is 77.3 cm³/mol. The lowest BCUT2D eigenvalue weighted by molar-refractivity contribution is 0.101. The van der Waals surface area contributed by atoms with Crippen LogP contribution in [-0.2, 0) is 0 Å². The molecule has 0 N–H and O–H groups in total. The molecule has 0 aromatic heterocycles. The van der Waals surface area contributed by atoms with Crippen molar-refractivity contribution in [3.8, 4) is 5.75 Å². The molecular formula is C17H16O2. The van der Waals surface area contributed by atoms with E-state index >= 15 is 0 Å². The smallest absolute Gasteiger partial charge is 0.159 e. The van der Waals surface area contributed by atoms with Crippen LogP contribution in [0.3, 0.4) is 0 Å². The molecule has 2 nitrogen and oxygen atoms in total. The normalized spacial score (nSPS) is 10.0. The lowest BCUT2D eigenvalue weighted by atomic mass is 10.1. The molecule has 0 aliphatic carbocycles. The molecule has 2 rings (SSSR count). The summed E-state index contributed by atoms with van der Waals surface area (Å²) < 4.78 is 5.68. The third-order valence-corrected chi connectivity index (χ3v) is 2.88. The Morgan fingerprint density at radius 1 is 0.947 bits per heavy atom. The van der Waals surface area contributed by atoms with Crippen molar-refractivity contribution in [3.63, 3.8) is 0 Å². The molecule has 0 unspecified atom stereocenters. The lowest BCUT2D eigenvalue weighted by Crippen LogP contribution is -1.96. The Kier molecular flexibility index (Phi) is 3.81. The number of benzene rings is 2. The summed E-state index contributed by atoms with van der Waals surface area (Å²) in [5.74, 6) is 1.38. The summed E-state index contributed by atoms with van der Waals surface area (Å²) in [6.45, 7) is 7.49. The van der Waals surface area contributed by atoms with Gasteiger partial charge < -0.3 is 4.74 Å². The maximum absolute atomic E-state index is 11.2. The maximum Gasteiger partial charge on any atom is 0.159 e. The van der Waals surface area contributed by atoms with Gasteiger partial charge in [-0.25, -0.2) is 0 Å². The summed E-state index contributed by atoms with van der Waals surface area (Å²) >= 11 is 0. The number of ether oxygens (including phenoxy) is 1. The highest BCUT2D eigenvalue weighted by Crippen LogP contribution is 2.20. The van der Waals surface area contributed by atoms with Gasteiger partial charge in [0.05, 0.1) is 0 Å². The molecular weight excluding hydrogens is 236 g/mol.